The van der Waals surface area contributed by atoms with Crippen LogP contribution in [0, 0.1) is 13.8 Å². The van der Waals surface area contributed by atoms with E-state index in [4.69, 9.17) is 4.74 Å². The van der Waals surface area contributed by atoms with E-state index in [1.54, 1.807) is 7.11 Å². The molecule has 0 N–H and O–H groups in total. The lowest BCUT2D eigenvalue weighted by atomic mass is 9.95. The van der Waals surface area contributed by atoms with Crippen molar-refractivity contribution in [2.45, 2.75) is 33.6 Å². The van der Waals surface area contributed by atoms with Gasteiger partial charge in [-0.15, -0.1) is 0 Å². The first-order valence-corrected chi connectivity index (χ1v) is 7.24. The lowest BCUT2D eigenvalue weighted by Gasteiger charge is -2.11. The number of carbonyl (C=O) groups excluding carboxylic acids is 1. The van der Waals surface area contributed by atoms with Crippen LogP contribution < -0.4 is 4.74 Å². The summed E-state index contributed by atoms with van der Waals surface area (Å²) in [5.41, 5.74) is 4.63. The van der Waals surface area contributed by atoms with Gasteiger partial charge in [0.2, 0.25) is 0 Å². The molecule has 0 amide bonds. The van der Waals surface area contributed by atoms with Crippen LogP contribution >= 0.6 is 0 Å². The van der Waals surface area contributed by atoms with Crippen LogP contribution in [0.5, 0.6) is 5.75 Å². The maximum atomic E-state index is 12.7. The fourth-order valence-corrected chi connectivity index (χ4v) is 2.43. The molecular weight excluding hydrogens is 260 g/mol. The van der Waals surface area contributed by atoms with Gasteiger partial charge in [0.05, 0.1) is 7.11 Å². The van der Waals surface area contributed by atoms with Crippen LogP contribution in [0.4, 0.5) is 0 Å². The second-order valence-corrected chi connectivity index (χ2v) is 5.74. The Hall–Kier alpha value is -2.09. The Morgan fingerprint density at radius 2 is 1.62 bits per heavy atom. The van der Waals surface area contributed by atoms with Gasteiger partial charge in [-0.25, -0.2) is 0 Å². The van der Waals surface area contributed by atoms with Gasteiger partial charge in [-0.3, -0.25) is 4.79 Å². The second-order valence-electron chi connectivity index (χ2n) is 5.74. The van der Waals surface area contributed by atoms with E-state index < -0.39 is 0 Å². The Morgan fingerprint density at radius 1 is 1.00 bits per heavy atom. The highest BCUT2D eigenvalue weighted by molar-refractivity contribution is 6.10. The van der Waals surface area contributed by atoms with E-state index >= 15 is 0 Å². The molecule has 2 heteroatoms. The topological polar surface area (TPSA) is 26.3 Å². The zero-order chi connectivity index (χ0) is 15.6. The molecule has 2 rings (SSSR count). The molecule has 0 saturated carbocycles. The van der Waals surface area contributed by atoms with Gasteiger partial charge in [0.1, 0.15) is 5.75 Å². The van der Waals surface area contributed by atoms with E-state index in [2.05, 4.69) is 13.8 Å². The second kappa shape index (κ2) is 6.13. The van der Waals surface area contributed by atoms with Crippen LogP contribution in [0.15, 0.2) is 36.4 Å². The fourth-order valence-electron chi connectivity index (χ4n) is 2.43. The summed E-state index contributed by atoms with van der Waals surface area (Å²) in [5, 5.41) is 0. The summed E-state index contributed by atoms with van der Waals surface area (Å²) < 4.78 is 5.30. The average molecular weight is 282 g/mol. The third kappa shape index (κ3) is 3.15. The van der Waals surface area contributed by atoms with Crippen molar-refractivity contribution in [2.75, 3.05) is 7.11 Å². The van der Waals surface area contributed by atoms with Crippen LogP contribution in [0.3, 0.4) is 0 Å². The number of ether oxygens (including phenoxy) is 1. The number of rotatable bonds is 4. The summed E-state index contributed by atoms with van der Waals surface area (Å²) in [6.45, 7) is 8.19. The van der Waals surface area contributed by atoms with Gasteiger partial charge in [0.25, 0.3) is 0 Å². The minimum absolute atomic E-state index is 0.0635. The van der Waals surface area contributed by atoms with Crippen molar-refractivity contribution >= 4 is 5.78 Å². The van der Waals surface area contributed by atoms with Crippen LogP contribution in [0.25, 0.3) is 0 Å². The molecule has 2 nitrogen and oxygen atoms in total. The van der Waals surface area contributed by atoms with Crippen molar-refractivity contribution in [3.05, 3.63) is 64.2 Å². The molecule has 0 bridgehead atoms. The molecule has 0 atom stereocenters. The molecule has 2 aromatic carbocycles. The van der Waals surface area contributed by atoms with Crippen LogP contribution in [-0.2, 0) is 0 Å². The van der Waals surface area contributed by atoms with Gasteiger partial charge in [-0.2, -0.15) is 0 Å². The maximum Gasteiger partial charge on any atom is 0.193 e. The van der Waals surface area contributed by atoms with E-state index in [-0.39, 0.29) is 5.78 Å². The number of carbonyl (C=O) groups is 1. The average Bonchev–Trinajstić information content (AvgIpc) is 2.48. The van der Waals surface area contributed by atoms with Crippen molar-refractivity contribution < 1.29 is 9.53 Å². The molecule has 2 aromatic rings. The molecule has 0 aliphatic carbocycles. The molecule has 0 spiro atoms. The lowest BCUT2D eigenvalue weighted by Crippen LogP contribution is -2.05. The van der Waals surface area contributed by atoms with E-state index in [0.29, 0.717) is 5.92 Å². The standard InChI is InChI=1S/C19H22O2/c1-12(2)15-6-8-16(9-7-15)19(20)17-10-14(4)18(21-5)11-13(17)3/h6-12H,1-5H3. The number of benzene rings is 2. The molecule has 0 aliphatic heterocycles. The predicted molar refractivity (Wildman–Crippen MR) is 86.4 cm³/mol. The van der Waals surface area contributed by atoms with Gasteiger partial charge in [0.15, 0.2) is 5.78 Å². The monoisotopic (exact) mass is 282 g/mol. The zero-order valence-corrected chi connectivity index (χ0v) is 13.4. The van der Waals surface area contributed by atoms with Crippen molar-refractivity contribution in [1.29, 1.82) is 0 Å². The first-order valence-electron chi connectivity index (χ1n) is 7.24. The van der Waals surface area contributed by atoms with E-state index in [1.165, 1.54) is 5.56 Å². The van der Waals surface area contributed by atoms with E-state index in [0.717, 1.165) is 28.0 Å². The van der Waals surface area contributed by atoms with Gasteiger partial charge >= 0.3 is 0 Å². The van der Waals surface area contributed by atoms with E-state index in [1.807, 2.05) is 50.2 Å². The summed E-state index contributed by atoms with van der Waals surface area (Å²) in [6, 6.07) is 11.7. The largest absolute Gasteiger partial charge is 0.496 e. The predicted octanol–water partition coefficient (Wildman–Crippen LogP) is 4.67. The van der Waals surface area contributed by atoms with Crippen molar-refractivity contribution in [2.24, 2.45) is 0 Å². The summed E-state index contributed by atoms with van der Waals surface area (Å²) in [4.78, 5) is 12.7. The number of ketones is 1. The quantitative estimate of drug-likeness (QED) is 0.762. The van der Waals surface area contributed by atoms with Crippen molar-refractivity contribution in [1.82, 2.24) is 0 Å². The van der Waals surface area contributed by atoms with Crippen molar-refractivity contribution in [3.63, 3.8) is 0 Å². The normalized spacial score (nSPS) is 10.8. The van der Waals surface area contributed by atoms with Gasteiger partial charge in [-0.1, -0.05) is 38.1 Å². The first-order chi connectivity index (χ1) is 9.93. The van der Waals surface area contributed by atoms with Crippen LogP contribution in [-0.4, -0.2) is 12.9 Å². The summed E-state index contributed by atoms with van der Waals surface area (Å²) in [6.07, 6.45) is 0. The highest BCUT2D eigenvalue weighted by Gasteiger charge is 2.14. The fraction of sp³-hybridized carbons (Fsp3) is 0.316. The zero-order valence-electron chi connectivity index (χ0n) is 13.4. The van der Waals surface area contributed by atoms with Crippen LogP contribution in [0.2, 0.25) is 0 Å². The Kier molecular flexibility index (Phi) is 4.46. The number of hydrogen-bond acceptors (Lipinski definition) is 2. The highest BCUT2D eigenvalue weighted by atomic mass is 16.5. The smallest absolute Gasteiger partial charge is 0.193 e. The molecule has 0 unspecified atom stereocenters. The molecule has 0 radical (unpaired) electrons. The first kappa shape index (κ1) is 15.3. The van der Waals surface area contributed by atoms with E-state index in [9.17, 15) is 4.79 Å². The van der Waals surface area contributed by atoms with Gasteiger partial charge < -0.3 is 4.74 Å². The molecule has 0 saturated heterocycles. The molecule has 0 heterocycles. The lowest BCUT2D eigenvalue weighted by molar-refractivity contribution is 0.103. The molecule has 110 valence electrons. The molecule has 0 aliphatic rings. The highest BCUT2D eigenvalue weighted by Crippen LogP contribution is 2.25. The van der Waals surface area contributed by atoms with Gasteiger partial charge in [-0.05, 0) is 48.6 Å². The SMILES string of the molecule is COc1cc(C)c(C(=O)c2ccc(C(C)C)cc2)cc1C. The van der Waals surface area contributed by atoms with Crippen LogP contribution in [0.1, 0.15) is 52.4 Å². The Labute approximate surface area is 126 Å². The number of hydrogen-bond donors (Lipinski definition) is 0. The Balaban J connectivity index is 2.38. The summed E-state index contributed by atoms with van der Waals surface area (Å²) >= 11 is 0. The third-order valence-electron chi connectivity index (χ3n) is 3.83. The maximum absolute atomic E-state index is 12.7. The molecule has 0 fully saturated rings. The van der Waals surface area contributed by atoms with Gasteiger partial charge in [0, 0.05) is 11.1 Å². The van der Waals surface area contributed by atoms with Crippen molar-refractivity contribution in [3.8, 4) is 5.75 Å². The third-order valence-corrected chi connectivity index (χ3v) is 3.83. The molecule has 0 aromatic heterocycles. The number of methoxy groups -OCH3 is 1. The summed E-state index contributed by atoms with van der Waals surface area (Å²) in [5.74, 6) is 1.35. The molecular formula is C19H22O2. The number of aryl methyl sites for hydroxylation is 2. The minimum Gasteiger partial charge on any atom is -0.496 e. The Morgan fingerprint density at radius 3 is 2.14 bits per heavy atom. The molecule has 21 heavy (non-hydrogen) atoms. The summed E-state index contributed by atoms with van der Waals surface area (Å²) in [7, 11) is 1.65. The Bertz CT molecular complexity index is 652. The minimum atomic E-state index is 0.0635.